The fourth-order valence-corrected chi connectivity index (χ4v) is 3.40. The van der Waals surface area contributed by atoms with E-state index in [9.17, 15) is 14.7 Å². The molecule has 1 aromatic rings. The number of carbonyl (C=O) groups excluding carboxylic acids is 1. The van der Waals surface area contributed by atoms with E-state index in [2.05, 4.69) is 4.98 Å². The molecule has 1 aromatic heterocycles. The molecule has 0 bridgehead atoms. The SMILES string of the molecule is Cc1ncc(C(=O)N(C)C2(C(=O)O)CCCCC2)s1. The van der Waals surface area contributed by atoms with Crippen molar-refractivity contribution in [3.05, 3.63) is 16.1 Å². The molecule has 0 aromatic carbocycles. The number of amides is 1. The van der Waals surface area contributed by atoms with Crippen LogP contribution in [0.15, 0.2) is 6.20 Å². The van der Waals surface area contributed by atoms with E-state index >= 15 is 0 Å². The van der Waals surface area contributed by atoms with Crippen LogP contribution >= 0.6 is 11.3 Å². The minimum atomic E-state index is -1.05. The first kappa shape index (κ1) is 14.0. The average molecular weight is 282 g/mol. The molecule has 1 aliphatic carbocycles. The van der Waals surface area contributed by atoms with Gasteiger partial charge in [-0.3, -0.25) is 4.79 Å². The first-order chi connectivity index (χ1) is 8.97. The predicted octanol–water partition coefficient (Wildman–Crippen LogP) is 2.31. The van der Waals surface area contributed by atoms with Crippen LogP contribution in [0.2, 0.25) is 0 Å². The number of carboxylic acids is 1. The summed E-state index contributed by atoms with van der Waals surface area (Å²) in [5, 5.41) is 10.4. The lowest BCUT2D eigenvalue weighted by Gasteiger charge is -2.40. The normalized spacial score (nSPS) is 18.0. The van der Waals surface area contributed by atoms with Crippen LogP contribution in [0.4, 0.5) is 0 Å². The largest absolute Gasteiger partial charge is 0.479 e. The summed E-state index contributed by atoms with van der Waals surface area (Å²) in [6.45, 7) is 1.83. The number of nitrogens with zero attached hydrogens (tertiary/aromatic N) is 2. The Morgan fingerprint density at radius 2 is 2.00 bits per heavy atom. The Kier molecular flexibility index (Phi) is 3.89. The molecule has 1 fully saturated rings. The van der Waals surface area contributed by atoms with E-state index in [1.165, 1.54) is 22.4 Å². The number of carbonyl (C=O) groups is 2. The number of aryl methyl sites for hydroxylation is 1. The van der Waals surface area contributed by atoms with E-state index in [0.29, 0.717) is 17.7 Å². The molecule has 0 aliphatic heterocycles. The van der Waals surface area contributed by atoms with Crippen molar-refractivity contribution in [1.82, 2.24) is 9.88 Å². The van der Waals surface area contributed by atoms with Crippen LogP contribution in [-0.4, -0.2) is 39.5 Å². The summed E-state index contributed by atoms with van der Waals surface area (Å²) in [4.78, 5) is 30.0. The molecule has 5 nitrogen and oxygen atoms in total. The van der Waals surface area contributed by atoms with Crippen molar-refractivity contribution in [1.29, 1.82) is 0 Å². The minimum Gasteiger partial charge on any atom is -0.479 e. The number of rotatable bonds is 3. The topological polar surface area (TPSA) is 70.5 Å². The Hall–Kier alpha value is -1.43. The van der Waals surface area contributed by atoms with Gasteiger partial charge in [0.05, 0.1) is 11.2 Å². The van der Waals surface area contributed by atoms with Gasteiger partial charge in [-0.25, -0.2) is 9.78 Å². The molecular weight excluding hydrogens is 264 g/mol. The highest BCUT2D eigenvalue weighted by atomic mass is 32.1. The van der Waals surface area contributed by atoms with Crippen LogP contribution in [-0.2, 0) is 4.79 Å². The highest BCUT2D eigenvalue weighted by molar-refractivity contribution is 7.13. The summed E-state index contributed by atoms with van der Waals surface area (Å²) in [5.41, 5.74) is -1.05. The first-order valence-corrected chi connectivity index (χ1v) is 7.23. The second-order valence-electron chi connectivity index (χ2n) is 5.01. The number of carboxylic acid groups (broad SMARTS) is 1. The van der Waals surface area contributed by atoms with Crippen molar-refractivity contribution in [2.75, 3.05) is 7.05 Å². The van der Waals surface area contributed by atoms with Gasteiger partial charge < -0.3 is 10.0 Å². The molecule has 1 N–H and O–H groups in total. The lowest BCUT2D eigenvalue weighted by Crippen LogP contribution is -2.56. The number of likely N-dealkylation sites (N-methyl/N-ethyl adjacent to an activating group) is 1. The molecule has 1 saturated carbocycles. The molecule has 6 heteroatoms. The molecule has 2 rings (SSSR count). The Balaban J connectivity index is 2.27. The fourth-order valence-electron chi connectivity index (χ4n) is 2.65. The van der Waals surface area contributed by atoms with E-state index in [1.807, 2.05) is 6.92 Å². The number of hydrogen-bond donors (Lipinski definition) is 1. The second-order valence-corrected chi connectivity index (χ2v) is 6.24. The van der Waals surface area contributed by atoms with Crippen molar-refractivity contribution >= 4 is 23.2 Å². The zero-order valence-corrected chi connectivity index (χ0v) is 12.0. The monoisotopic (exact) mass is 282 g/mol. The van der Waals surface area contributed by atoms with Gasteiger partial charge in [-0.2, -0.15) is 0 Å². The molecule has 104 valence electrons. The molecule has 1 heterocycles. The van der Waals surface area contributed by atoms with Crippen LogP contribution in [0.25, 0.3) is 0 Å². The van der Waals surface area contributed by atoms with Gasteiger partial charge in [0.15, 0.2) is 0 Å². The molecule has 1 aliphatic rings. The Morgan fingerprint density at radius 3 is 2.47 bits per heavy atom. The maximum absolute atomic E-state index is 12.4. The molecule has 1 amide bonds. The predicted molar refractivity (Wildman–Crippen MR) is 72.4 cm³/mol. The van der Waals surface area contributed by atoms with Crippen LogP contribution in [0, 0.1) is 6.92 Å². The van der Waals surface area contributed by atoms with E-state index in [-0.39, 0.29) is 5.91 Å². The van der Waals surface area contributed by atoms with E-state index in [0.717, 1.165) is 24.3 Å². The highest BCUT2D eigenvalue weighted by Gasteiger charge is 2.45. The third-order valence-corrected chi connectivity index (χ3v) is 4.76. The maximum Gasteiger partial charge on any atom is 0.329 e. The number of hydrogen-bond acceptors (Lipinski definition) is 4. The smallest absolute Gasteiger partial charge is 0.329 e. The van der Waals surface area contributed by atoms with Crippen LogP contribution in [0.5, 0.6) is 0 Å². The van der Waals surface area contributed by atoms with Gasteiger partial charge in [-0.15, -0.1) is 11.3 Å². The zero-order chi connectivity index (χ0) is 14.0. The summed E-state index contributed by atoms with van der Waals surface area (Å²) in [6.07, 6.45) is 5.33. The molecule has 0 saturated heterocycles. The van der Waals surface area contributed by atoms with E-state index in [1.54, 1.807) is 7.05 Å². The van der Waals surface area contributed by atoms with Gasteiger partial charge in [0.1, 0.15) is 10.4 Å². The molecule has 0 radical (unpaired) electrons. The molecule has 19 heavy (non-hydrogen) atoms. The fraction of sp³-hybridized carbons (Fsp3) is 0.615. The minimum absolute atomic E-state index is 0.241. The highest BCUT2D eigenvalue weighted by Crippen LogP contribution is 2.34. The van der Waals surface area contributed by atoms with Crippen LogP contribution < -0.4 is 0 Å². The summed E-state index contributed by atoms with van der Waals surface area (Å²) in [6, 6.07) is 0. The van der Waals surface area contributed by atoms with Crippen molar-refractivity contribution in [2.24, 2.45) is 0 Å². The maximum atomic E-state index is 12.4. The van der Waals surface area contributed by atoms with Crippen molar-refractivity contribution in [3.63, 3.8) is 0 Å². The average Bonchev–Trinajstić information content (AvgIpc) is 2.84. The van der Waals surface area contributed by atoms with Gasteiger partial charge in [0.2, 0.25) is 0 Å². The number of thiazole rings is 1. The van der Waals surface area contributed by atoms with Gasteiger partial charge in [-0.05, 0) is 19.8 Å². The Labute approximate surface area is 116 Å². The first-order valence-electron chi connectivity index (χ1n) is 6.41. The molecular formula is C13H18N2O3S. The standard InChI is InChI=1S/C13H18N2O3S/c1-9-14-8-10(19-9)11(16)15(2)13(12(17)18)6-4-3-5-7-13/h8H,3-7H2,1-2H3,(H,17,18). The summed E-state index contributed by atoms with van der Waals surface area (Å²) in [7, 11) is 1.59. The quantitative estimate of drug-likeness (QED) is 0.923. The lowest BCUT2D eigenvalue weighted by atomic mass is 9.80. The third kappa shape index (κ3) is 2.49. The van der Waals surface area contributed by atoms with Gasteiger partial charge in [0, 0.05) is 7.05 Å². The second kappa shape index (κ2) is 5.28. The van der Waals surface area contributed by atoms with Crippen LogP contribution in [0.3, 0.4) is 0 Å². The summed E-state index contributed by atoms with van der Waals surface area (Å²) < 4.78 is 0. The number of aromatic nitrogens is 1. The van der Waals surface area contributed by atoms with Gasteiger partial charge in [0.25, 0.3) is 5.91 Å². The zero-order valence-electron chi connectivity index (χ0n) is 11.2. The number of aliphatic carboxylic acids is 1. The summed E-state index contributed by atoms with van der Waals surface area (Å²) in [5.74, 6) is -1.14. The molecule has 0 spiro atoms. The van der Waals surface area contributed by atoms with E-state index < -0.39 is 11.5 Å². The third-order valence-electron chi connectivity index (χ3n) is 3.86. The van der Waals surface area contributed by atoms with Gasteiger partial charge >= 0.3 is 5.97 Å². The molecule has 0 unspecified atom stereocenters. The van der Waals surface area contributed by atoms with Crippen molar-refractivity contribution in [2.45, 2.75) is 44.6 Å². The van der Waals surface area contributed by atoms with E-state index in [4.69, 9.17) is 0 Å². The van der Waals surface area contributed by atoms with Crippen LogP contribution in [0.1, 0.15) is 46.8 Å². The molecule has 0 atom stereocenters. The lowest BCUT2D eigenvalue weighted by molar-refractivity contribution is -0.151. The Bertz CT molecular complexity index is 492. The van der Waals surface area contributed by atoms with Gasteiger partial charge in [-0.1, -0.05) is 19.3 Å². The summed E-state index contributed by atoms with van der Waals surface area (Å²) >= 11 is 1.30. The van der Waals surface area contributed by atoms with Crippen molar-refractivity contribution in [3.8, 4) is 0 Å². The van der Waals surface area contributed by atoms with Crippen molar-refractivity contribution < 1.29 is 14.7 Å². The Morgan fingerprint density at radius 1 is 1.37 bits per heavy atom.